The topological polar surface area (TPSA) is 47.6 Å². The van der Waals surface area contributed by atoms with E-state index in [1.807, 2.05) is 20.8 Å². The first kappa shape index (κ1) is 20.1. The van der Waals surface area contributed by atoms with Gasteiger partial charge in [0.2, 0.25) is 0 Å². The molecular weight excluding hydrogens is 306 g/mol. The van der Waals surface area contributed by atoms with Crippen molar-refractivity contribution in [3.8, 4) is 12.3 Å². The summed E-state index contributed by atoms with van der Waals surface area (Å²) in [6.07, 6.45) is 6.08. The average molecular weight is 340 g/mol. The van der Waals surface area contributed by atoms with Crippen LogP contribution in [0.1, 0.15) is 48.0 Å². The average Bonchev–Trinajstić information content (AvgIpc) is 3.10. The van der Waals surface area contributed by atoms with E-state index in [0.29, 0.717) is 12.5 Å². The van der Waals surface area contributed by atoms with Crippen LogP contribution in [0.5, 0.6) is 0 Å². The Morgan fingerprint density at radius 2 is 1.87 bits per heavy atom. The molecule has 1 aliphatic carbocycles. The number of amides is 1. The molecule has 0 aromatic carbocycles. The van der Waals surface area contributed by atoms with Crippen LogP contribution >= 0.6 is 0 Å². The number of rotatable bonds is 5. The van der Waals surface area contributed by atoms with E-state index in [-0.39, 0.29) is 17.1 Å². The minimum atomic E-state index is -1.91. The summed E-state index contributed by atoms with van der Waals surface area (Å²) in [5, 5.41) is 2.97. The molecule has 0 aliphatic heterocycles. The van der Waals surface area contributed by atoms with Crippen LogP contribution in [0.4, 0.5) is 4.79 Å². The van der Waals surface area contributed by atoms with Gasteiger partial charge in [0, 0.05) is 18.4 Å². The van der Waals surface area contributed by atoms with Gasteiger partial charge in [0.05, 0.1) is 6.10 Å². The molecule has 0 aromatic heterocycles. The van der Waals surface area contributed by atoms with Crippen molar-refractivity contribution in [1.82, 2.24) is 5.32 Å². The van der Waals surface area contributed by atoms with E-state index in [9.17, 15) is 4.79 Å². The lowest BCUT2D eigenvalue weighted by Crippen LogP contribution is -2.48. The molecule has 1 amide bonds. The van der Waals surface area contributed by atoms with Crippen LogP contribution in [0.2, 0.25) is 18.1 Å². The number of hydrogen-bond donors (Lipinski definition) is 1. The first-order chi connectivity index (χ1) is 10.3. The Hall–Kier alpha value is -0.993. The molecule has 1 N–H and O–H groups in total. The van der Waals surface area contributed by atoms with Crippen LogP contribution in [0.25, 0.3) is 0 Å². The lowest BCUT2D eigenvalue weighted by atomic mass is 10.2. The molecule has 0 saturated heterocycles. The summed E-state index contributed by atoms with van der Waals surface area (Å²) in [4.78, 5) is 11.9. The molecule has 1 rings (SSSR count). The number of ether oxygens (including phenoxy) is 1. The maximum atomic E-state index is 11.9. The Morgan fingerprint density at radius 3 is 2.26 bits per heavy atom. The van der Waals surface area contributed by atoms with Gasteiger partial charge in [-0.25, -0.2) is 4.79 Å². The molecule has 0 bridgehead atoms. The van der Waals surface area contributed by atoms with Crippen molar-refractivity contribution >= 4 is 14.4 Å². The molecular formula is C18H33NO3Si. The van der Waals surface area contributed by atoms with Crippen LogP contribution in [-0.4, -0.2) is 32.7 Å². The van der Waals surface area contributed by atoms with E-state index < -0.39 is 20.0 Å². The number of hydrogen-bond acceptors (Lipinski definition) is 3. The Morgan fingerprint density at radius 1 is 1.30 bits per heavy atom. The minimum Gasteiger partial charge on any atom is -0.444 e. The van der Waals surface area contributed by atoms with Gasteiger partial charge < -0.3 is 14.5 Å². The fourth-order valence-electron chi connectivity index (χ4n) is 2.15. The van der Waals surface area contributed by atoms with Crippen molar-refractivity contribution in [3.05, 3.63) is 0 Å². The summed E-state index contributed by atoms with van der Waals surface area (Å²) in [6, 6.07) is 0. The van der Waals surface area contributed by atoms with Crippen LogP contribution < -0.4 is 5.32 Å². The zero-order valence-corrected chi connectivity index (χ0v) is 16.9. The maximum Gasteiger partial charge on any atom is 0.407 e. The van der Waals surface area contributed by atoms with Crippen molar-refractivity contribution in [2.45, 2.75) is 77.8 Å². The number of alkyl carbamates (subject to hydrolysis) is 1. The second-order valence-corrected chi connectivity index (χ2v) is 13.7. The van der Waals surface area contributed by atoms with Gasteiger partial charge in [0.1, 0.15) is 5.60 Å². The van der Waals surface area contributed by atoms with E-state index in [4.69, 9.17) is 15.6 Å². The first-order valence-electron chi connectivity index (χ1n) is 8.37. The molecule has 5 heteroatoms. The predicted octanol–water partition coefficient (Wildman–Crippen LogP) is 4.17. The van der Waals surface area contributed by atoms with Gasteiger partial charge in [-0.1, -0.05) is 20.8 Å². The standard InChI is InChI=1S/C18H33NO3Si/c1-10-13-11-14(13)15(22-23(8,9)18(5,6)7)12-19-16(20)21-17(2,3)4/h1,13-15H,11-12H2,2-9H3,(H,19,20)/t13-,14-,15?/m0/s1. The summed E-state index contributed by atoms with van der Waals surface area (Å²) in [6.45, 7) is 17.1. The van der Waals surface area contributed by atoms with Crippen molar-refractivity contribution < 1.29 is 14.0 Å². The summed E-state index contributed by atoms with van der Waals surface area (Å²) < 4.78 is 11.8. The lowest BCUT2D eigenvalue weighted by molar-refractivity contribution is 0.0487. The van der Waals surface area contributed by atoms with Gasteiger partial charge in [-0.3, -0.25) is 0 Å². The van der Waals surface area contributed by atoms with E-state index >= 15 is 0 Å². The van der Waals surface area contributed by atoms with Gasteiger partial charge in [-0.2, -0.15) is 0 Å². The molecule has 132 valence electrons. The number of carbonyl (C=O) groups excluding carboxylic acids is 1. The van der Waals surface area contributed by atoms with Crippen molar-refractivity contribution in [3.63, 3.8) is 0 Å². The second-order valence-electron chi connectivity index (χ2n) is 8.97. The molecule has 0 heterocycles. The van der Waals surface area contributed by atoms with Gasteiger partial charge >= 0.3 is 6.09 Å². The van der Waals surface area contributed by atoms with E-state index in [2.05, 4.69) is 45.1 Å². The van der Waals surface area contributed by atoms with E-state index in [0.717, 1.165) is 6.42 Å². The van der Waals surface area contributed by atoms with Crippen molar-refractivity contribution in [1.29, 1.82) is 0 Å². The smallest absolute Gasteiger partial charge is 0.407 e. The van der Waals surface area contributed by atoms with Gasteiger partial charge in [0.25, 0.3) is 0 Å². The Balaban J connectivity index is 2.69. The Kier molecular flexibility index (Phi) is 5.98. The normalized spacial score (nSPS) is 22.9. The molecule has 1 aliphatic rings. The highest BCUT2D eigenvalue weighted by molar-refractivity contribution is 6.74. The Bertz CT molecular complexity index is 468. The maximum absolute atomic E-state index is 11.9. The monoisotopic (exact) mass is 339 g/mol. The highest BCUT2D eigenvalue weighted by Gasteiger charge is 2.47. The third kappa shape index (κ3) is 6.19. The van der Waals surface area contributed by atoms with Crippen molar-refractivity contribution in [2.75, 3.05) is 6.54 Å². The van der Waals surface area contributed by atoms with Gasteiger partial charge in [-0.05, 0) is 45.3 Å². The van der Waals surface area contributed by atoms with Crippen LogP contribution in [-0.2, 0) is 9.16 Å². The van der Waals surface area contributed by atoms with Gasteiger partial charge in [-0.15, -0.1) is 12.3 Å². The molecule has 23 heavy (non-hydrogen) atoms. The number of carbonyl (C=O) groups is 1. The fraction of sp³-hybridized carbons (Fsp3) is 0.833. The zero-order chi connectivity index (χ0) is 18.1. The summed E-state index contributed by atoms with van der Waals surface area (Å²) >= 11 is 0. The van der Waals surface area contributed by atoms with Crippen LogP contribution in [0.15, 0.2) is 0 Å². The van der Waals surface area contributed by atoms with Gasteiger partial charge in [0.15, 0.2) is 8.32 Å². The summed E-state index contributed by atoms with van der Waals surface area (Å²) in [5.74, 6) is 3.42. The second kappa shape index (κ2) is 6.86. The fourth-order valence-corrected chi connectivity index (χ4v) is 3.52. The molecule has 3 atom stereocenters. The van der Waals surface area contributed by atoms with Crippen LogP contribution in [0.3, 0.4) is 0 Å². The first-order valence-corrected chi connectivity index (χ1v) is 11.3. The highest BCUT2D eigenvalue weighted by atomic mass is 28.4. The number of nitrogens with one attached hydrogen (secondary N) is 1. The molecule has 0 radical (unpaired) electrons. The highest BCUT2D eigenvalue weighted by Crippen LogP contribution is 2.45. The Labute approximate surface area is 142 Å². The lowest BCUT2D eigenvalue weighted by Gasteiger charge is -2.39. The largest absolute Gasteiger partial charge is 0.444 e. The molecule has 0 aromatic rings. The minimum absolute atomic E-state index is 0.0375. The van der Waals surface area contributed by atoms with E-state index in [1.165, 1.54) is 0 Å². The molecule has 1 fully saturated rings. The molecule has 1 unspecified atom stereocenters. The quantitative estimate of drug-likeness (QED) is 0.604. The molecule has 0 spiro atoms. The summed E-state index contributed by atoms with van der Waals surface area (Å²) in [7, 11) is -1.91. The van der Waals surface area contributed by atoms with Crippen molar-refractivity contribution in [2.24, 2.45) is 11.8 Å². The SMILES string of the molecule is C#C[C@H]1C[C@@H]1C(CNC(=O)OC(C)(C)C)O[Si](C)(C)C(C)(C)C. The third-order valence-corrected chi connectivity index (χ3v) is 9.13. The molecule has 4 nitrogen and oxygen atoms in total. The zero-order valence-electron chi connectivity index (χ0n) is 15.9. The van der Waals surface area contributed by atoms with Crippen LogP contribution in [0, 0.1) is 24.2 Å². The van der Waals surface area contributed by atoms with E-state index in [1.54, 1.807) is 0 Å². The predicted molar refractivity (Wildman–Crippen MR) is 96.7 cm³/mol. The number of terminal acetylenes is 1. The third-order valence-electron chi connectivity index (χ3n) is 4.63. The summed E-state index contributed by atoms with van der Waals surface area (Å²) in [5.41, 5.74) is -0.499. The molecule has 1 saturated carbocycles.